The summed E-state index contributed by atoms with van der Waals surface area (Å²) < 4.78 is 6.27. The molecule has 0 atom stereocenters. The van der Waals surface area contributed by atoms with Gasteiger partial charge in [0.1, 0.15) is 0 Å². The van der Waals surface area contributed by atoms with Crippen LogP contribution in [-0.2, 0) is 11.2 Å². The number of nitrogens with two attached hydrogens (primary N) is 1. The van der Waals surface area contributed by atoms with Gasteiger partial charge in [-0.05, 0) is 58.8 Å². The van der Waals surface area contributed by atoms with Crippen LogP contribution in [0.15, 0.2) is 42.5 Å². The molecule has 3 N–H and O–H groups in total. The summed E-state index contributed by atoms with van der Waals surface area (Å²) in [6.07, 6.45) is 0.879. The molecule has 0 amide bonds. The first-order valence-electron chi connectivity index (χ1n) is 6.09. The topological polar surface area (TPSA) is 47.3 Å². The number of hydrogen-bond donors (Lipinski definition) is 2. The van der Waals surface area contributed by atoms with Gasteiger partial charge in [0.25, 0.3) is 0 Å². The minimum atomic E-state index is 0.709. The van der Waals surface area contributed by atoms with Crippen molar-refractivity contribution >= 4 is 39.7 Å². The van der Waals surface area contributed by atoms with Gasteiger partial charge in [-0.1, -0.05) is 18.2 Å². The van der Waals surface area contributed by atoms with Crippen LogP contribution in [0.1, 0.15) is 5.56 Å². The number of nitrogen functional groups attached to an aromatic ring is 1. The largest absolute Gasteiger partial charge is 0.397 e. The Kier molecular flexibility index (Phi) is 5.04. The number of halogens is 1. The predicted octanol–water partition coefficient (Wildman–Crippen LogP) is 3.81. The highest BCUT2D eigenvalue weighted by atomic mass is 127. The molecule has 0 aliphatic heterocycles. The molecule has 0 fully saturated rings. The summed E-state index contributed by atoms with van der Waals surface area (Å²) >= 11 is 2.25. The zero-order valence-electron chi connectivity index (χ0n) is 10.8. The molecule has 2 aromatic rings. The van der Waals surface area contributed by atoms with Gasteiger partial charge in [0.2, 0.25) is 0 Å². The molecule has 0 aliphatic carbocycles. The quantitative estimate of drug-likeness (QED) is 0.623. The highest BCUT2D eigenvalue weighted by Crippen LogP contribution is 2.27. The van der Waals surface area contributed by atoms with Gasteiger partial charge in [-0.3, -0.25) is 0 Å². The Balaban J connectivity index is 2.22. The van der Waals surface area contributed by atoms with Crippen LogP contribution in [0.4, 0.5) is 17.1 Å². The van der Waals surface area contributed by atoms with Crippen LogP contribution >= 0.6 is 22.6 Å². The number of hydrogen-bond acceptors (Lipinski definition) is 3. The molecule has 100 valence electrons. The van der Waals surface area contributed by atoms with E-state index in [9.17, 15) is 0 Å². The Bertz CT molecular complexity index is 558. The SMILES string of the molecule is COCCc1ccccc1Nc1ccc(I)cc1N. The zero-order valence-corrected chi connectivity index (χ0v) is 13.0. The van der Waals surface area contributed by atoms with E-state index in [1.807, 2.05) is 30.3 Å². The first kappa shape index (κ1) is 14.1. The Morgan fingerprint density at radius 1 is 1.16 bits per heavy atom. The second-order valence-electron chi connectivity index (χ2n) is 4.26. The number of rotatable bonds is 5. The van der Waals surface area contributed by atoms with E-state index in [2.05, 4.69) is 40.0 Å². The van der Waals surface area contributed by atoms with Crippen LogP contribution in [0.2, 0.25) is 0 Å². The van der Waals surface area contributed by atoms with Gasteiger partial charge in [-0.2, -0.15) is 0 Å². The Hall–Kier alpha value is -1.27. The lowest BCUT2D eigenvalue weighted by molar-refractivity contribution is 0.202. The van der Waals surface area contributed by atoms with Crippen molar-refractivity contribution in [2.75, 3.05) is 24.8 Å². The lowest BCUT2D eigenvalue weighted by atomic mass is 10.1. The van der Waals surface area contributed by atoms with Crippen LogP contribution < -0.4 is 11.1 Å². The maximum atomic E-state index is 6.03. The summed E-state index contributed by atoms with van der Waals surface area (Å²) in [6.45, 7) is 0.709. The zero-order chi connectivity index (χ0) is 13.7. The summed E-state index contributed by atoms with van der Waals surface area (Å²) in [5.74, 6) is 0. The van der Waals surface area contributed by atoms with Crippen LogP contribution in [-0.4, -0.2) is 13.7 Å². The number of anilines is 3. The van der Waals surface area contributed by atoms with Crippen molar-refractivity contribution < 1.29 is 4.74 Å². The van der Waals surface area contributed by atoms with Gasteiger partial charge in [-0.25, -0.2) is 0 Å². The molecular formula is C15H17IN2O. The molecule has 4 heteroatoms. The van der Waals surface area contributed by atoms with E-state index in [0.717, 1.165) is 27.1 Å². The fourth-order valence-electron chi connectivity index (χ4n) is 1.86. The molecular weight excluding hydrogens is 351 g/mol. The summed E-state index contributed by atoms with van der Waals surface area (Å²) in [7, 11) is 1.72. The van der Waals surface area contributed by atoms with Crippen LogP contribution in [0.3, 0.4) is 0 Å². The second kappa shape index (κ2) is 6.77. The third kappa shape index (κ3) is 3.84. The van der Waals surface area contributed by atoms with Crippen LogP contribution in [0, 0.1) is 3.57 Å². The number of benzene rings is 2. The van der Waals surface area contributed by atoms with Gasteiger partial charge in [-0.15, -0.1) is 0 Å². The maximum absolute atomic E-state index is 6.03. The lowest BCUT2D eigenvalue weighted by Crippen LogP contribution is -2.02. The highest BCUT2D eigenvalue weighted by molar-refractivity contribution is 14.1. The van der Waals surface area contributed by atoms with E-state index in [-0.39, 0.29) is 0 Å². The lowest BCUT2D eigenvalue weighted by Gasteiger charge is -2.13. The second-order valence-corrected chi connectivity index (χ2v) is 5.50. The van der Waals surface area contributed by atoms with E-state index in [4.69, 9.17) is 10.5 Å². The fraction of sp³-hybridized carbons (Fsp3) is 0.200. The molecule has 0 aromatic heterocycles. The first-order valence-corrected chi connectivity index (χ1v) is 7.17. The molecule has 0 saturated heterocycles. The van der Waals surface area contributed by atoms with Crippen molar-refractivity contribution in [3.8, 4) is 0 Å². The van der Waals surface area contributed by atoms with Gasteiger partial charge in [0.15, 0.2) is 0 Å². The molecule has 0 bridgehead atoms. The molecule has 0 radical (unpaired) electrons. The molecule has 2 aromatic carbocycles. The number of nitrogens with one attached hydrogen (secondary N) is 1. The predicted molar refractivity (Wildman–Crippen MR) is 88.9 cm³/mol. The maximum Gasteiger partial charge on any atom is 0.0618 e. The van der Waals surface area contributed by atoms with Crippen molar-refractivity contribution in [1.29, 1.82) is 0 Å². The van der Waals surface area contributed by atoms with Crippen molar-refractivity contribution in [3.63, 3.8) is 0 Å². The average Bonchev–Trinajstić information content (AvgIpc) is 2.41. The van der Waals surface area contributed by atoms with Gasteiger partial charge < -0.3 is 15.8 Å². The summed E-state index contributed by atoms with van der Waals surface area (Å²) in [5.41, 5.74) is 10.0. The molecule has 0 aliphatic rings. The van der Waals surface area contributed by atoms with Crippen LogP contribution in [0.25, 0.3) is 0 Å². The minimum Gasteiger partial charge on any atom is -0.397 e. The third-order valence-electron chi connectivity index (χ3n) is 2.88. The molecule has 3 nitrogen and oxygen atoms in total. The molecule has 2 rings (SSSR count). The monoisotopic (exact) mass is 368 g/mol. The molecule has 19 heavy (non-hydrogen) atoms. The fourth-order valence-corrected chi connectivity index (χ4v) is 2.38. The van der Waals surface area contributed by atoms with Gasteiger partial charge >= 0.3 is 0 Å². The average molecular weight is 368 g/mol. The number of ether oxygens (including phenoxy) is 1. The highest BCUT2D eigenvalue weighted by Gasteiger charge is 2.04. The summed E-state index contributed by atoms with van der Waals surface area (Å²) in [6, 6.07) is 14.2. The van der Waals surface area contributed by atoms with Crippen molar-refractivity contribution in [2.24, 2.45) is 0 Å². The Labute approximate surface area is 127 Å². The molecule has 0 spiro atoms. The van der Waals surface area contributed by atoms with E-state index in [1.165, 1.54) is 5.56 Å². The number of methoxy groups -OCH3 is 1. The number of para-hydroxylation sites is 1. The van der Waals surface area contributed by atoms with Crippen LogP contribution in [0.5, 0.6) is 0 Å². The van der Waals surface area contributed by atoms with Gasteiger partial charge in [0, 0.05) is 16.4 Å². The Morgan fingerprint density at radius 2 is 1.95 bits per heavy atom. The van der Waals surface area contributed by atoms with E-state index in [0.29, 0.717) is 6.61 Å². The van der Waals surface area contributed by atoms with Crippen molar-refractivity contribution in [1.82, 2.24) is 0 Å². The molecule has 0 heterocycles. The van der Waals surface area contributed by atoms with Crippen molar-refractivity contribution in [3.05, 3.63) is 51.6 Å². The first-order chi connectivity index (χ1) is 9.20. The third-order valence-corrected chi connectivity index (χ3v) is 3.55. The normalized spacial score (nSPS) is 10.4. The standard InChI is InChI=1S/C15H17IN2O/c1-19-9-8-11-4-2-3-5-14(11)18-15-7-6-12(16)10-13(15)17/h2-7,10,18H,8-9,17H2,1H3. The van der Waals surface area contributed by atoms with E-state index in [1.54, 1.807) is 7.11 Å². The minimum absolute atomic E-state index is 0.709. The van der Waals surface area contributed by atoms with E-state index < -0.39 is 0 Å². The van der Waals surface area contributed by atoms with Gasteiger partial charge in [0.05, 0.1) is 18.0 Å². The molecule has 0 unspecified atom stereocenters. The Morgan fingerprint density at radius 3 is 2.68 bits per heavy atom. The smallest absolute Gasteiger partial charge is 0.0618 e. The molecule has 0 saturated carbocycles. The summed E-state index contributed by atoms with van der Waals surface area (Å²) in [4.78, 5) is 0. The van der Waals surface area contributed by atoms with E-state index >= 15 is 0 Å². The van der Waals surface area contributed by atoms with Crippen molar-refractivity contribution in [2.45, 2.75) is 6.42 Å². The summed E-state index contributed by atoms with van der Waals surface area (Å²) in [5, 5.41) is 3.39.